The molecule has 9 heteroatoms. The van der Waals surface area contributed by atoms with Crippen LogP contribution in [-0.2, 0) is 11.3 Å². The zero-order chi connectivity index (χ0) is 19.4. The summed E-state index contributed by atoms with van der Waals surface area (Å²) in [7, 11) is 0. The van der Waals surface area contributed by atoms with Gasteiger partial charge in [0.15, 0.2) is 0 Å². The molecule has 0 aliphatic heterocycles. The summed E-state index contributed by atoms with van der Waals surface area (Å²) in [5.41, 5.74) is 1.52. The average molecular weight is 384 g/mol. The van der Waals surface area contributed by atoms with Crippen molar-refractivity contribution < 1.29 is 31.2 Å². The number of aromatic nitrogens is 2. The summed E-state index contributed by atoms with van der Waals surface area (Å²) in [4.78, 5) is 4.20. The highest BCUT2D eigenvalue weighted by molar-refractivity contribution is 5.60. The van der Waals surface area contributed by atoms with Crippen molar-refractivity contribution >= 4 is 0 Å². The molecule has 0 N–H and O–H groups in total. The molecule has 0 saturated heterocycles. The Balaban J connectivity index is 1.70. The number of benzene rings is 2. The Morgan fingerprint density at radius 1 is 1.04 bits per heavy atom. The lowest BCUT2D eigenvalue weighted by Gasteiger charge is -2.15. The first-order chi connectivity index (χ1) is 12.8. The molecule has 3 aromatic rings. The predicted octanol–water partition coefficient (Wildman–Crippen LogP) is 4.96. The van der Waals surface area contributed by atoms with Crippen LogP contribution < -0.4 is 0 Å². The molecule has 0 saturated carbocycles. The third-order valence-corrected chi connectivity index (χ3v) is 3.58. The zero-order valence-electron chi connectivity index (χ0n) is 13.7. The second-order valence-corrected chi connectivity index (χ2v) is 5.68. The summed E-state index contributed by atoms with van der Waals surface area (Å²) in [5, 5.41) is 3.81. The lowest BCUT2D eigenvalue weighted by atomic mass is 10.1. The maximum atomic E-state index is 13.0. The van der Waals surface area contributed by atoms with Crippen LogP contribution >= 0.6 is 0 Å². The number of hydrogen-bond donors (Lipinski definition) is 0. The largest absolute Gasteiger partial charge is 0.370 e. The molecule has 0 spiro atoms. The van der Waals surface area contributed by atoms with Crippen molar-refractivity contribution in [1.29, 1.82) is 0 Å². The minimum atomic E-state index is -4.20. The number of nitrogens with zero attached hydrogens (tertiary/aromatic N) is 2. The second kappa shape index (κ2) is 7.83. The van der Waals surface area contributed by atoms with E-state index in [2.05, 4.69) is 10.1 Å². The van der Waals surface area contributed by atoms with Crippen LogP contribution in [0.3, 0.4) is 0 Å². The summed E-state index contributed by atoms with van der Waals surface area (Å²) in [6, 6.07) is 11.9. The summed E-state index contributed by atoms with van der Waals surface area (Å²) < 4.78 is 72.7. The molecule has 0 fully saturated rings. The van der Waals surface area contributed by atoms with E-state index in [0.29, 0.717) is 16.7 Å². The third-order valence-electron chi connectivity index (χ3n) is 3.58. The van der Waals surface area contributed by atoms with Crippen molar-refractivity contribution in [2.24, 2.45) is 0 Å². The van der Waals surface area contributed by atoms with Crippen molar-refractivity contribution in [2.75, 3.05) is 6.61 Å². The van der Waals surface area contributed by atoms with E-state index in [0.717, 1.165) is 0 Å². The van der Waals surface area contributed by atoms with Crippen LogP contribution in [0.25, 0.3) is 22.8 Å². The minimum Gasteiger partial charge on any atom is -0.370 e. The van der Waals surface area contributed by atoms with Gasteiger partial charge in [-0.25, -0.2) is 13.2 Å². The monoisotopic (exact) mass is 384 g/mol. The molecule has 0 amide bonds. The van der Waals surface area contributed by atoms with E-state index in [4.69, 9.17) is 9.26 Å². The normalized spacial score (nSPS) is 11.9. The maximum absolute atomic E-state index is 13.0. The summed E-state index contributed by atoms with van der Waals surface area (Å²) in [6.07, 6.45) is -3.79. The van der Waals surface area contributed by atoms with Crippen molar-refractivity contribution in [3.8, 4) is 22.8 Å². The van der Waals surface area contributed by atoms with Gasteiger partial charge in [0.05, 0.1) is 6.61 Å². The summed E-state index contributed by atoms with van der Waals surface area (Å²) in [5.74, 6) is -4.18. The highest BCUT2D eigenvalue weighted by Crippen LogP contribution is 2.25. The van der Waals surface area contributed by atoms with Gasteiger partial charge in [-0.15, -0.1) is 0 Å². The Bertz CT molecular complexity index is 897. The fraction of sp³-hybridized carbons (Fsp3) is 0.222. The van der Waals surface area contributed by atoms with Crippen molar-refractivity contribution in [2.45, 2.75) is 19.0 Å². The Labute approximate surface area is 150 Å². The highest BCUT2D eigenvalue weighted by atomic mass is 19.3. The molecule has 0 radical (unpaired) electrons. The van der Waals surface area contributed by atoms with Crippen LogP contribution in [0, 0.1) is 5.82 Å². The first kappa shape index (κ1) is 19.0. The van der Waals surface area contributed by atoms with Crippen LogP contribution in [0.4, 0.5) is 22.0 Å². The second-order valence-electron chi connectivity index (χ2n) is 5.68. The standard InChI is InChI=1S/C18H13F5N2O2/c19-14-6-4-12(5-7-14)15-24-16(27-25-15)13-3-1-2-11(8-13)9-26-10-18(22,23)17(20)21/h1-8,17H,9-10H2. The van der Waals surface area contributed by atoms with Gasteiger partial charge < -0.3 is 9.26 Å². The van der Waals surface area contributed by atoms with Gasteiger partial charge >= 0.3 is 12.3 Å². The molecule has 0 unspecified atom stereocenters. The molecule has 0 atom stereocenters. The quantitative estimate of drug-likeness (QED) is 0.541. The Kier molecular flexibility index (Phi) is 5.50. The molecule has 2 aromatic carbocycles. The van der Waals surface area contributed by atoms with Gasteiger partial charge in [0.25, 0.3) is 5.89 Å². The first-order valence-corrected chi connectivity index (χ1v) is 7.78. The SMILES string of the molecule is Fc1ccc(-c2noc(-c3cccc(COCC(F)(F)C(F)F)c3)n2)cc1. The lowest BCUT2D eigenvalue weighted by Crippen LogP contribution is -2.32. The van der Waals surface area contributed by atoms with Crippen molar-refractivity contribution in [1.82, 2.24) is 10.1 Å². The Hall–Kier alpha value is -2.81. The fourth-order valence-electron chi connectivity index (χ4n) is 2.22. The van der Waals surface area contributed by atoms with Crippen LogP contribution in [0.5, 0.6) is 0 Å². The highest BCUT2D eigenvalue weighted by Gasteiger charge is 2.40. The van der Waals surface area contributed by atoms with Crippen molar-refractivity contribution in [3.05, 3.63) is 59.9 Å². The van der Waals surface area contributed by atoms with Gasteiger partial charge in [0.1, 0.15) is 12.4 Å². The zero-order valence-corrected chi connectivity index (χ0v) is 13.7. The number of alkyl halides is 4. The van der Waals surface area contributed by atoms with Gasteiger partial charge in [0.2, 0.25) is 5.82 Å². The molecule has 0 aliphatic rings. The Morgan fingerprint density at radius 2 is 1.78 bits per heavy atom. The summed E-state index contributed by atoms with van der Waals surface area (Å²) in [6.45, 7) is -1.67. The molecule has 1 aromatic heterocycles. The van der Waals surface area contributed by atoms with Gasteiger partial charge in [-0.05, 0) is 42.0 Å². The van der Waals surface area contributed by atoms with E-state index in [9.17, 15) is 22.0 Å². The van der Waals surface area contributed by atoms with Gasteiger partial charge in [-0.1, -0.05) is 17.3 Å². The van der Waals surface area contributed by atoms with Crippen LogP contribution in [0.1, 0.15) is 5.56 Å². The third kappa shape index (κ3) is 4.68. The minimum absolute atomic E-state index is 0.161. The van der Waals surface area contributed by atoms with E-state index in [1.807, 2.05) is 0 Å². The lowest BCUT2D eigenvalue weighted by molar-refractivity contribution is -0.168. The molecule has 0 bridgehead atoms. The molecular formula is C18H13F5N2O2. The van der Waals surface area contributed by atoms with Crippen LogP contribution in [-0.4, -0.2) is 29.1 Å². The molecule has 4 nitrogen and oxygen atoms in total. The van der Waals surface area contributed by atoms with Crippen molar-refractivity contribution in [3.63, 3.8) is 0 Å². The molecular weight excluding hydrogens is 371 g/mol. The van der Waals surface area contributed by atoms with E-state index in [1.54, 1.807) is 24.3 Å². The smallest absolute Gasteiger partial charge is 0.330 e. The molecule has 3 rings (SSSR count). The van der Waals surface area contributed by atoms with Gasteiger partial charge in [-0.3, -0.25) is 0 Å². The van der Waals surface area contributed by atoms with Gasteiger partial charge in [0, 0.05) is 11.1 Å². The van der Waals surface area contributed by atoms with Gasteiger partial charge in [-0.2, -0.15) is 13.8 Å². The van der Waals surface area contributed by atoms with Crippen LogP contribution in [0.2, 0.25) is 0 Å². The number of rotatable bonds is 7. The number of ether oxygens (including phenoxy) is 1. The van der Waals surface area contributed by atoms with E-state index in [1.165, 1.54) is 24.3 Å². The summed E-state index contributed by atoms with van der Waals surface area (Å²) >= 11 is 0. The molecule has 27 heavy (non-hydrogen) atoms. The number of hydrogen-bond acceptors (Lipinski definition) is 4. The molecule has 142 valence electrons. The molecule has 1 heterocycles. The number of halogens is 5. The first-order valence-electron chi connectivity index (χ1n) is 7.78. The topological polar surface area (TPSA) is 48.2 Å². The Morgan fingerprint density at radius 3 is 2.48 bits per heavy atom. The van der Waals surface area contributed by atoms with Crippen LogP contribution in [0.15, 0.2) is 53.1 Å². The predicted molar refractivity (Wildman–Crippen MR) is 85.7 cm³/mol. The van der Waals surface area contributed by atoms with E-state index in [-0.39, 0.29) is 18.3 Å². The van der Waals surface area contributed by atoms with E-state index >= 15 is 0 Å². The molecule has 0 aliphatic carbocycles. The maximum Gasteiger partial charge on any atom is 0.330 e. The average Bonchev–Trinajstić information content (AvgIpc) is 3.12. The van der Waals surface area contributed by atoms with E-state index < -0.39 is 24.8 Å². The fourth-order valence-corrected chi connectivity index (χ4v) is 2.22.